The molecule has 0 aliphatic heterocycles. The van der Waals surface area contributed by atoms with Crippen molar-refractivity contribution in [2.24, 2.45) is 5.92 Å². The molecule has 29 heavy (non-hydrogen) atoms. The molecule has 4 rings (SSSR count). The van der Waals surface area contributed by atoms with Crippen LogP contribution in [0, 0.1) is 11.7 Å². The minimum Gasteiger partial charge on any atom is -0.484 e. The van der Waals surface area contributed by atoms with E-state index < -0.39 is 0 Å². The second kappa shape index (κ2) is 9.09. The summed E-state index contributed by atoms with van der Waals surface area (Å²) in [6, 6.07) is 13.3. The minimum atomic E-state index is -0.341. The quantitative estimate of drug-likeness (QED) is 0.502. The van der Waals surface area contributed by atoms with Crippen molar-refractivity contribution in [2.45, 2.75) is 25.9 Å². The number of carbonyl (C=O) groups is 2. The molecule has 8 heteroatoms. The number of hydrogen-bond donors (Lipinski definition) is 1. The maximum Gasteiger partial charge on any atom is 0.290 e. The van der Waals surface area contributed by atoms with Gasteiger partial charge in [0.05, 0.1) is 11.9 Å². The van der Waals surface area contributed by atoms with Gasteiger partial charge in [-0.2, -0.15) is 9.90 Å². The summed E-state index contributed by atoms with van der Waals surface area (Å²) in [5.74, 6) is 0.734. The Bertz CT molecular complexity index is 984. The lowest BCUT2D eigenvalue weighted by Gasteiger charge is -2.12. The molecule has 1 aliphatic carbocycles. The number of rotatable bonds is 6. The summed E-state index contributed by atoms with van der Waals surface area (Å²) in [5.41, 5.74) is 1.91. The van der Waals surface area contributed by atoms with Gasteiger partial charge in [-0.3, -0.25) is 9.59 Å². The van der Waals surface area contributed by atoms with E-state index in [0.29, 0.717) is 17.1 Å². The third-order valence-corrected chi connectivity index (χ3v) is 4.37. The van der Waals surface area contributed by atoms with Crippen LogP contribution in [0.1, 0.15) is 41.9 Å². The third-order valence-electron chi connectivity index (χ3n) is 4.37. The summed E-state index contributed by atoms with van der Waals surface area (Å²) in [6.45, 7) is 1.61. The minimum absolute atomic E-state index is 0.207. The first-order chi connectivity index (χ1) is 14.0. The lowest BCUT2D eigenvalue weighted by atomic mass is 10.1. The van der Waals surface area contributed by atoms with Crippen molar-refractivity contribution in [3.63, 3.8) is 0 Å². The van der Waals surface area contributed by atoms with E-state index in [1.807, 2.05) is 6.92 Å². The Labute approximate surface area is 166 Å². The number of halogens is 1. The SMILES string of the molecule is CC(Oc1ccc(C(=O)C2CC2)cc1)c1cnn(-c2cccc(F)c2)n1.O=CO. The van der Waals surface area contributed by atoms with E-state index in [1.54, 1.807) is 42.6 Å². The van der Waals surface area contributed by atoms with Crippen LogP contribution in [0.5, 0.6) is 5.75 Å². The number of ketones is 1. The second-order valence-electron chi connectivity index (χ2n) is 6.57. The first-order valence-electron chi connectivity index (χ1n) is 9.08. The predicted octanol–water partition coefficient (Wildman–Crippen LogP) is 3.84. The lowest BCUT2D eigenvalue weighted by Crippen LogP contribution is -2.06. The number of hydrogen-bond acceptors (Lipinski definition) is 5. The molecule has 0 bridgehead atoms. The number of carboxylic acid groups (broad SMARTS) is 1. The summed E-state index contributed by atoms with van der Waals surface area (Å²) in [5, 5.41) is 15.4. The standard InChI is InChI=1S/C20H18FN3O2.CH2O2/c1-13(19-12-22-24(23-19)17-4-2-3-16(21)11-17)26-18-9-7-15(8-10-18)20(25)14-5-6-14;2-1-3/h2-4,7-14H,5-6H2,1H3;1H,(H,2,3). The highest BCUT2D eigenvalue weighted by molar-refractivity contribution is 5.99. The van der Waals surface area contributed by atoms with E-state index >= 15 is 0 Å². The highest BCUT2D eigenvalue weighted by Crippen LogP contribution is 2.33. The van der Waals surface area contributed by atoms with E-state index in [9.17, 15) is 9.18 Å². The lowest BCUT2D eigenvalue weighted by molar-refractivity contribution is -0.122. The summed E-state index contributed by atoms with van der Waals surface area (Å²) in [6.07, 6.45) is 3.26. The Morgan fingerprint density at radius 2 is 1.97 bits per heavy atom. The molecule has 1 fully saturated rings. The molecule has 2 aromatic carbocycles. The van der Waals surface area contributed by atoms with Gasteiger partial charge in [-0.25, -0.2) is 4.39 Å². The Balaban J connectivity index is 0.000000755. The van der Waals surface area contributed by atoms with Gasteiger partial charge in [0, 0.05) is 17.5 Å². The van der Waals surface area contributed by atoms with Crippen molar-refractivity contribution >= 4 is 12.3 Å². The summed E-state index contributed by atoms with van der Waals surface area (Å²) >= 11 is 0. The third kappa shape index (κ3) is 5.25. The Kier molecular flexibility index (Phi) is 6.33. The van der Waals surface area contributed by atoms with Gasteiger partial charge in [0.15, 0.2) is 5.78 Å². The smallest absolute Gasteiger partial charge is 0.290 e. The first kappa shape index (κ1) is 20.2. The topological polar surface area (TPSA) is 94.3 Å². The highest BCUT2D eigenvalue weighted by atomic mass is 19.1. The van der Waals surface area contributed by atoms with Gasteiger partial charge in [-0.05, 0) is 56.2 Å². The highest BCUT2D eigenvalue weighted by Gasteiger charge is 2.30. The molecule has 1 saturated carbocycles. The number of ether oxygens (including phenoxy) is 1. The van der Waals surface area contributed by atoms with Crippen molar-refractivity contribution in [1.29, 1.82) is 0 Å². The van der Waals surface area contributed by atoms with Crippen LogP contribution in [0.15, 0.2) is 54.7 Å². The number of benzene rings is 2. The number of aromatic nitrogens is 3. The van der Waals surface area contributed by atoms with E-state index in [0.717, 1.165) is 18.4 Å². The molecule has 1 N–H and O–H groups in total. The molecule has 0 spiro atoms. The van der Waals surface area contributed by atoms with Crippen LogP contribution in [-0.2, 0) is 4.79 Å². The second-order valence-corrected chi connectivity index (χ2v) is 6.57. The fraction of sp³-hybridized carbons (Fsp3) is 0.238. The molecule has 7 nitrogen and oxygen atoms in total. The number of nitrogens with zero attached hydrogens (tertiary/aromatic N) is 3. The molecule has 150 valence electrons. The Hall–Kier alpha value is -3.55. The summed E-state index contributed by atoms with van der Waals surface area (Å²) < 4.78 is 19.2. The van der Waals surface area contributed by atoms with Crippen molar-refractivity contribution in [1.82, 2.24) is 15.0 Å². The van der Waals surface area contributed by atoms with E-state index in [2.05, 4.69) is 10.2 Å². The summed E-state index contributed by atoms with van der Waals surface area (Å²) in [4.78, 5) is 21.8. The maximum atomic E-state index is 13.3. The Morgan fingerprint density at radius 3 is 2.59 bits per heavy atom. The van der Waals surface area contributed by atoms with E-state index in [-0.39, 0.29) is 30.1 Å². The molecule has 0 radical (unpaired) electrons. The number of Topliss-reactive ketones (excluding diaryl/α,β-unsaturated/α-hetero) is 1. The zero-order chi connectivity index (χ0) is 20.8. The van der Waals surface area contributed by atoms with Gasteiger partial charge in [-0.1, -0.05) is 6.07 Å². The van der Waals surface area contributed by atoms with Crippen molar-refractivity contribution in [2.75, 3.05) is 0 Å². The molecule has 1 unspecified atom stereocenters. The van der Waals surface area contributed by atoms with Crippen molar-refractivity contribution in [3.05, 3.63) is 71.8 Å². The Morgan fingerprint density at radius 1 is 1.28 bits per heavy atom. The van der Waals surface area contributed by atoms with Crippen LogP contribution in [0.4, 0.5) is 4.39 Å². The number of carbonyl (C=O) groups excluding carboxylic acids is 1. The van der Waals surface area contributed by atoms with Crippen LogP contribution in [0.2, 0.25) is 0 Å². The molecular weight excluding hydrogens is 377 g/mol. The van der Waals surface area contributed by atoms with Crippen LogP contribution in [0.25, 0.3) is 5.69 Å². The molecule has 1 aliphatic rings. The van der Waals surface area contributed by atoms with Gasteiger partial charge in [0.25, 0.3) is 6.47 Å². The van der Waals surface area contributed by atoms with E-state index in [1.165, 1.54) is 16.9 Å². The molecule has 3 aromatic rings. The van der Waals surface area contributed by atoms with Gasteiger partial charge in [0.1, 0.15) is 23.4 Å². The fourth-order valence-electron chi connectivity index (χ4n) is 2.73. The maximum absolute atomic E-state index is 13.3. The zero-order valence-corrected chi connectivity index (χ0v) is 15.7. The van der Waals surface area contributed by atoms with Gasteiger partial charge in [0.2, 0.25) is 0 Å². The monoisotopic (exact) mass is 397 g/mol. The predicted molar refractivity (Wildman–Crippen MR) is 103 cm³/mol. The zero-order valence-electron chi connectivity index (χ0n) is 15.7. The molecule has 1 heterocycles. The van der Waals surface area contributed by atoms with Gasteiger partial charge >= 0.3 is 0 Å². The average Bonchev–Trinajstić information content (AvgIpc) is 3.44. The van der Waals surface area contributed by atoms with E-state index in [4.69, 9.17) is 14.6 Å². The molecule has 0 saturated heterocycles. The average molecular weight is 397 g/mol. The van der Waals surface area contributed by atoms with Crippen molar-refractivity contribution < 1.29 is 23.8 Å². The van der Waals surface area contributed by atoms with Crippen molar-refractivity contribution in [3.8, 4) is 11.4 Å². The fourth-order valence-corrected chi connectivity index (χ4v) is 2.73. The normalized spacial score (nSPS) is 13.7. The van der Waals surface area contributed by atoms with Gasteiger partial charge < -0.3 is 9.84 Å². The largest absolute Gasteiger partial charge is 0.484 e. The summed E-state index contributed by atoms with van der Waals surface area (Å²) in [7, 11) is 0. The van der Waals surface area contributed by atoms with Crippen LogP contribution < -0.4 is 4.74 Å². The first-order valence-corrected chi connectivity index (χ1v) is 9.08. The van der Waals surface area contributed by atoms with Crippen LogP contribution in [0.3, 0.4) is 0 Å². The van der Waals surface area contributed by atoms with Gasteiger partial charge in [-0.15, -0.1) is 5.10 Å². The molecule has 0 amide bonds. The molecular formula is C21H20FN3O4. The molecule has 1 aromatic heterocycles. The van der Waals surface area contributed by atoms with Crippen LogP contribution >= 0.6 is 0 Å². The molecule has 1 atom stereocenters. The van der Waals surface area contributed by atoms with Crippen LogP contribution in [-0.4, -0.2) is 32.4 Å².